The highest BCUT2D eigenvalue weighted by Gasteiger charge is 2.20. The average Bonchev–Trinajstić information content (AvgIpc) is 2.25. The van der Waals surface area contributed by atoms with Crippen molar-refractivity contribution in [2.75, 3.05) is 19.1 Å². The number of pyridine rings is 1. The van der Waals surface area contributed by atoms with Gasteiger partial charge in [-0.2, -0.15) is 0 Å². The Morgan fingerprint density at radius 3 is 2.59 bits per heavy atom. The van der Waals surface area contributed by atoms with Gasteiger partial charge in [0.15, 0.2) is 0 Å². The van der Waals surface area contributed by atoms with Crippen LogP contribution in [0.1, 0.15) is 12.5 Å². The molecular formula is C11H12Cl2N2O2. The molecule has 0 spiro atoms. The maximum atomic E-state index is 11.5. The first-order valence-corrected chi connectivity index (χ1v) is 5.47. The minimum absolute atomic E-state index is 0.200. The Balaban J connectivity index is 3.40. The number of carbonyl (C=O) groups is 1. The standard InChI is InChI=1S/C11H12Cl2N2O2/c1-6(2)9-7(12)5-8(13)14-10(9)15(3)11(16)17-4/h5H,1H2,2-4H3. The fraction of sp³-hybridized carbons (Fsp3) is 0.273. The van der Waals surface area contributed by atoms with Crippen molar-refractivity contribution >= 4 is 40.7 Å². The van der Waals surface area contributed by atoms with E-state index in [9.17, 15) is 4.79 Å². The number of anilines is 1. The lowest BCUT2D eigenvalue weighted by Gasteiger charge is -2.19. The van der Waals surface area contributed by atoms with Crippen molar-refractivity contribution in [3.8, 4) is 0 Å². The van der Waals surface area contributed by atoms with Gasteiger partial charge in [-0.15, -0.1) is 0 Å². The van der Waals surface area contributed by atoms with E-state index in [0.29, 0.717) is 22.0 Å². The predicted octanol–water partition coefficient (Wildman–Crippen LogP) is 3.62. The minimum Gasteiger partial charge on any atom is -0.452 e. The van der Waals surface area contributed by atoms with Crippen LogP contribution in [0.4, 0.5) is 10.6 Å². The molecule has 1 amide bonds. The maximum Gasteiger partial charge on any atom is 0.414 e. The van der Waals surface area contributed by atoms with E-state index in [2.05, 4.69) is 16.3 Å². The van der Waals surface area contributed by atoms with Gasteiger partial charge in [-0.1, -0.05) is 29.8 Å². The fourth-order valence-electron chi connectivity index (χ4n) is 1.33. The van der Waals surface area contributed by atoms with Crippen molar-refractivity contribution < 1.29 is 9.53 Å². The van der Waals surface area contributed by atoms with Crippen molar-refractivity contribution in [2.45, 2.75) is 6.92 Å². The van der Waals surface area contributed by atoms with E-state index >= 15 is 0 Å². The van der Waals surface area contributed by atoms with Crippen LogP contribution in [0.2, 0.25) is 10.2 Å². The molecule has 1 rings (SSSR count). The molecule has 0 bridgehead atoms. The Hall–Kier alpha value is -1.26. The van der Waals surface area contributed by atoms with Gasteiger partial charge in [0.1, 0.15) is 11.0 Å². The first kappa shape index (κ1) is 13.8. The van der Waals surface area contributed by atoms with Crippen LogP contribution < -0.4 is 4.90 Å². The Labute approximate surface area is 110 Å². The molecule has 0 radical (unpaired) electrons. The number of methoxy groups -OCH3 is 1. The maximum absolute atomic E-state index is 11.5. The van der Waals surface area contributed by atoms with Crippen LogP contribution in [-0.4, -0.2) is 25.2 Å². The first-order chi connectivity index (χ1) is 7.88. The summed E-state index contributed by atoms with van der Waals surface area (Å²) in [4.78, 5) is 16.8. The van der Waals surface area contributed by atoms with Gasteiger partial charge in [-0.3, -0.25) is 4.90 Å². The third-order valence-electron chi connectivity index (χ3n) is 2.11. The third-order valence-corrected chi connectivity index (χ3v) is 2.61. The van der Waals surface area contributed by atoms with Crippen molar-refractivity contribution in [3.05, 3.63) is 28.4 Å². The van der Waals surface area contributed by atoms with Crippen molar-refractivity contribution in [1.29, 1.82) is 0 Å². The monoisotopic (exact) mass is 274 g/mol. The zero-order valence-corrected chi connectivity index (χ0v) is 11.3. The van der Waals surface area contributed by atoms with E-state index in [-0.39, 0.29) is 5.15 Å². The number of ether oxygens (including phenoxy) is 1. The smallest absolute Gasteiger partial charge is 0.414 e. The quantitative estimate of drug-likeness (QED) is 0.774. The van der Waals surface area contributed by atoms with Crippen LogP contribution in [0.3, 0.4) is 0 Å². The van der Waals surface area contributed by atoms with Crippen molar-refractivity contribution in [1.82, 2.24) is 4.98 Å². The largest absolute Gasteiger partial charge is 0.452 e. The zero-order chi connectivity index (χ0) is 13.2. The lowest BCUT2D eigenvalue weighted by molar-refractivity contribution is 0.180. The summed E-state index contributed by atoms with van der Waals surface area (Å²) in [7, 11) is 2.80. The third kappa shape index (κ3) is 2.90. The van der Waals surface area contributed by atoms with Gasteiger partial charge in [-0.05, 0) is 18.6 Å². The van der Waals surface area contributed by atoms with E-state index in [1.807, 2.05) is 0 Å². The van der Waals surface area contributed by atoms with Gasteiger partial charge < -0.3 is 4.74 Å². The lowest BCUT2D eigenvalue weighted by Crippen LogP contribution is -2.27. The summed E-state index contributed by atoms with van der Waals surface area (Å²) in [5.74, 6) is 0.321. The molecule has 4 nitrogen and oxygen atoms in total. The molecule has 0 aromatic carbocycles. The molecule has 6 heteroatoms. The number of halogens is 2. The summed E-state index contributed by atoms with van der Waals surface area (Å²) in [5, 5.41) is 0.592. The number of hydrogen-bond acceptors (Lipinski definition) is 3. The summed E-state index contributed by atoms with van der Waals surface area (Å²) in [5.41, 5.74) is 1.26. The van der Waals surface area contributed by atoms with E-state index in [4.69, 9.17) is 23.2 Å². The number of amides is 1. The SMILES string of the molecule is C=C(C)c1c(Cl)cc(Cl)nc1N(C)C(=O)OC. The summed E-state index contributed by atoms with van der Waals surface area (Å²) in [6.07, 6.45) is -0.557. The molecule has 0 N–H and O–H groups in total. The second kappa shape index (κ2) is 5.38. The number of hydrogen-bond donors (Lipinski definition) is 0. The molecule has 0 aliphatic carbocycles. The van der Waals surface area contributed by atoms with Gasteiger partial charge >= 0.3 is 6.09 Å². The van der Waals surface area contributed by atoms with Crippen LogP contribution >= 0.6 is 23.2 Å². The van der Waals surface area contributed by atoms with Crippen LogP contribution in [0, 0.1) is 0 Å². The van der Waals surface area contributed by atoms with Gasteiger partial charge in [0.05, 0.1) is 12.1 Å². The molecule has 0 saturated carbocycles. The van der Waals surface area contributed by atoms with Gasteiger partial charge in [0, 0.05) is 12.6 Å². The zero-order valence-electron chi connectivity index (χ0n) is 9.75. The highest BCUT2D eigenvalue weighted by Crippen LogP contribution is 2.33. The molecule has 0 unspecified atom stereocenters. The minimum atomic E-state index is -0.557. The lowest BCUT2D eigenvalue weighted by atomic mass is 10.1. The Morgan fingerprint density at radius 2 is 2.12 bits per heavy atom. The summed E-state index contributed by atoms with van der Waals surface area (Å²) >= 11 is 11.9. The van der Waals surface area contributed by atoms with Gasteiger partial charge in [0.25, 0.3) is 0 Å². The molecule has 0 saturated heterocycles. The fourth-order valence-corrected chi connectivity index (χ4v) is 1.93. The van der Waals surface area contributed by atoms with Gasteiger partial charge in [0.2, 0.25) is 0 Å². The van der Waals surface area contributed by atoms with Gasteiger partial charge in [-0.25, -0.2) is 9.78 Å². The number of allylic oxidation sites excluding steroid dienone is 1. The summed E-state index contributed by atoms with van der Waals surface area (Å²) < 4.78 is 4.61. The van der Waals surface area contributed by atoms with Crippen LogP contribution in [0.15, 0.2) is 12.6 Å². The van der Waals surface area contributed by atoms with Crippen LogP contribution in [-0.2, 0) is 4.74 Å². The molecule has 1 aromatic heterocycles. The Bertz CT molecular complexity index is 475. The molecule has 92 valence electrons. The highest BCUT2D eigenvalue weighted by atomic mass is 35.5. The molecule has 0 fully saturated rings. The van der Waals surface area contributed by atoms with E-state index in [1.165, 1.54) is 25.1 Å². The molecule has 0 aliphatic rings. The molecule has 17 heavy (non-hydrogen) atoms. The molecule has 0 aliphatic heterocycles. The average molecular weight is 275 g/mol. The number of nitrogens with zero attached hydrogens (tertiary/aromatic N) is 2. The number of aromatic nitrogens is 1. The van der Waals surface area contributed by atoms with Crippen molar-refractivity contribution in [3.63, 3.8) is 0 Å². The number of rotatable bonds is 2. The van der Waals surface area contributed by atoms with E-state index in [0.717, 1.165) is 0 Å². The van der Waals surface area contributed by atoms with Crippen LogP contribution in [0.5, 0.6) is 0 Å². The Kier molecular flexibility index (Phi) is 4.37. The Morgan fingerprint density at radius 1 is 1.53 bits per heavy atom. The normalized spacial score (nSPS) is 9.94. The molecule has 1 heterocycles. The molecular weight excluding hydrogens is 263 g/mol. The highest BCUT2D eigenvalue weighted by molar-refractivity contribution is 6.35. The van der Waals surface area contributed by atoms with Crippen molar-refractivity contribution in [2.24, 2.45) is 0 Å². The summed E-state index contributed by atoms with van der Waals surface area (Å²) in [6, 6.07) is 1.50. The summed E-state index contributed by atoms with van der Waals surface area (Å²) in [6.45, 7) is 5.57. The topological polar surface area (TPSA) is 42.4 Å². The van der Waals surface area contributed by atoms with E-state index in [1.54, 1.807) is 6.92 Å². The molecule has 1 aromatic rings. The van der Waals surface area contributed by atoms with E-state index < -0.39 is 6.09 Å². The second-order valence-electron chi connectivity index (χ2n) is 3.43. The van der Waals surface area contributed by atoms with Crippen LogP contribution in [0.25, 0.3) is 5.57 Å². The first-order valence-electron chi connectivity index (χ1n) is 4.72. The predicted molar refractivity (Wildman–Crippen MR) is 69.8 cm³/mol. The second-order valence-corrected chi connectivity index (χ2v) is 4.23. The molecule has 0 atom stereocenters. The number of carbonyl (C=O) groups excluding carboxylic acids is 1.